The molecule has 4 rings (SSSR count). The molecule has 1 aliphatic rings. The first-order chi connectivity index (χ1) is 14.3. The van der Waals surface area contributed by atoms with Crippen molar-refractivity contribution in [2.24, 2.45) is 0 Å². The van der Waals surface area contributed by atoms with Crippen LogP contribution in [0.3, 0.4) is 0 Å². The number of nitrogens with zero attached hydrogens (tertiary/aromatic N) is 5. The van der Waals surface area contributed by atoms with Crippen LogP contribution in [0.4, 0.5) is 5.82 Å². The summed E-state index contributed by atoms with van der Waals surface area (Å²) in [6.07, 6.45) is 1.65. The molecule has 9 heteroatoms. The number of benzene rings is 1. The Bertz CT molecular complexity index is 929. The van der Waals surface area contributed by atoms with E-state index in [0.29, 0.717) is 17.5 Å². The number of aromatic nitrogens is 4. The van der Waals surface area contributed by atoms with Crippen molar-refractivity contribution >= 4 is 23.5 Å². The molecule has 150 valence electrons. The van der Waals surface area contributed by atoms with Crippen LogP contribution in [0.25, 0.3) is 5.69 Å². The number of hydrogen-bond donors (Lipinski definition) is 1. The van der Waals surface area contributed by atoms with Crippen LogP contribution < -0.4 is 5.32 Å². The first kappa shape index (κ1) is 19.6. The summed E-state index contributed by atoms with van der Waals surface area (Å²) in [6.45, 7) is 3.89. The number of nitrogens with one attached hydrogen (secondary N) is 1. The summed E-state index contributed by atoms with van der Waals surface area (Å²) < 4.78 is 7.46. The van der Waals surface area contributed by atoms with E-state index in [1.807, 2.05) is 47.0 Å². The standard InChI is InChI=1S/C20H22N6O2S/c27-19(22-17-8-4-5-9-21-17)15-29-20-24-23-18(14-25-10-12-28-13-11-25)26(20)16-6-2-1-3-7-16/h1-9H,10-15H2,(H,21,22,27). The maximum atomic E-state index is 12.3. The molecule has 1 saturated heterocycles. The Kier molecular flexibility index (Phi) is 6.50. The van der Waals surface area contributed by atoms with Gasteiger partial charge in [0.2, 0.25) is 5.91 Å². The van der Waals surface area contributed by atoms with Crippen LogP contribution in [0.5, 0.6) is 0 Å². The number of pyridine rings is 1. The van der Waals surface area contributed by atoms with E-state index in [2.05, 4.69) is 25.4 Å². The summed E-state index contributed by atoms with van der Waals surface area (Å²) in [5, 5.41) is 12.3. The number of hydrogen-bond acceptors (Lipinski definition) is 7. The quantitative estimate of drug-likeness (QED) is 0.598. The number of carbonyl (C=O) groups excluding carboxylic acids is 1. The lowest BCUT2D eigenvalue weighted by molar-refractivity contribution is -0.113. The second-order valence-electron chi connectivity index (χ2n) is 6.51. The second kappa shape index (κ2) is 9.64. The van der Waals surface area contributed by atoms with Gasteiger partial charge >= 0.3 is 0 Å². The van der Waals surface area contributed by atoms with Gasteiger partial charge in [-0.1, -0.05) is 36.0 Å². The van der Waals surface area contributed by atoms with Gasteiger partial charge < -0.3 is 10.1 Å². The molecule has 1 amide bonds. The molecule has 0 unspecified atom stereocenters. The van der Waals surface area contributed by atoms with Gasteiger partial charge in [0.05, 0.1) is 25.5 Å². The SMILES string of the molecule is O=C(CSc1nnc(CN2CCOCC2)n1-c1ccccc1)Nc1ccccn1. The number of rotatable bonds is 7. The Labute approximate surface area is 173 Å². The molecule has 0 atom stereocenters. The van der Waals surface area contributed by atoms with E-state index >= 15 is 0 Å². The van der Waals surface area contributed by atoms with Crippen molar-refractivity contribution in [3.63, 3.8) is 0 Å². The summed E-state index contributed by atoms with van der Waals surface area (Å²) in [4.78, 5) is 18.7. The average molecular weight is 411 g/mol. The summed E-state index contributed by atoms with van der Waals surface area (Å²) in [6, 6.07) is 15.4. The predicted octanol–water partition coefficient (Wildman–Crippen LogP) is 2.23. The summed E-state index contributed by atoms with van der Waals surface area (Å²) in [5.74, 6) is 1.48. The molecule has 2 aromatic heterocycles. The van der Waals surface area contributed by atoms with E-state index in [0.717, 1.165) is 37.8 Å². The average Bonchev–Trinajstić information content (AvgIpc) is 3.17. The highest BCUT2D eigenvalue weighted by atomic mass is 32.2. The summed E-state index contributed by atoms with van der Waals surface area (Å²) in [7, 11) is 0. The van der Waals surface area contributed by atoms with Crippen molar-refractivity contribution in [3.05, 3.63) is 60.6 Å². The van der Waals surface area contributed by atoms with Crippen molar-refractivity contribution in [2.45, 2.75) is 11.7 Å². The van der Waals surface area contributed by atoms with Crippen LogP contribution in [0, 0.1) is 0 Å². The van der Waals surface area contributed by atoms with Crippen LogP contribution in [0.1, 0.15) is 5.82 Å². The third-order valence-electron chi connectivity index (χ3n) is 4.45. The molecular formula is C20H22N6O2S. The van der Waals surface area contributed by atoms with E-state index in [1.165, 1.54) is 11.8 Å². The van der Waals surface area contributed by atoms with Crippen molar-refractivity contribution in [1.29, 1.82) is 0 Å². The third kappa shape index (κ3) is 5.20. The molecule has 0 radical (unpaired) electrons. The lowest BCUT2D eigenvalue weighted by Crippen LogP contribution is -2.36. The highest BCUT2D eigenvalue weighted by Crippen LogP contribution is 2.23. The zero-order valence-corrected chi connectivity index (χ0v) is 16.7. The molecule has 8 nitrogen and oxygen atoms in total. The minimum Gasteiger partial charge on any atom is -0.379 e. The van der Waals surface area contributed by atoms with Crippen LogP contribution in [0.2, 0.25) is 0 Å². The minimum absolute atomic E-state index is 0.133. The molecule has 0 bridgehead atoms. The van der Waals surface area contributed by atoms with Crippen LogP contribution in [0.15, 0.2) is 59.9 Å². The van der Waals surface area contributed by atoms with Gasteiger partial charge in [-0.2, -0.15) is 0 Å². The van der Waals surface area contributed by atoms with Crippen molar-refractivity contribution < 1.29 is 9.53 Å². The number of morpholine rings is 1. The second-order valence-corrected chi connectivity index (χ2v) is 7.45. The maximum Gasteiger partial charge on any atom is 0.236 e. The van der Waals surface area contributed by atoms with Crippen molar-refractivity contribution in [1.82, 2.24) is 24.6 Å². The van der Waals surface area contributed by atoms with Gasteiger partial charge in [0, 0.05) is 25.0 Å². The predicted molar refractivity (Wildman–Crippen MR) is 111 cm³/mol. The summed E-state index contributed by atoms with van der Waals surface area (Å²) in [5.41, 5.74) is 0.980. The first-order valence-electron chi connectivity index (χ1n) is 9.43. The van der Waals surface area contributed by atoms with Crippen LogP contribution >= 0.6 is 11.8 Å². The van der Waals surface area contributed by atoms with Crippen LogP contribution in [-0.4, -0.2) is 62.6 Å². The van der Waals surface area contributed by atoms with Gasteiger partial charge in [0.1, 0.15) is 5.82 Å². The zero-order valence-electron chi connectivity index (χ0n) is 15.9. The molecule has 3 heterocycles. The largest absolute Gasteiger partial charge is 0.379 e. The number of carbonyl (C=O) groups is 1. The smallest absolute Gasteiger partial charge is 0.236 e. The van der Waals surface area contributed by atoms with Gasteiger partial charge in [0.15, 0.2) is 11.0 Å². The van der Waals surface area contributed by atoms with Gasteiger partial charge in [-0.15, -0.1) is 10.2 Å². The zero-order chi connectivity index (χ0) is 19.9. The normalized spacial score (nSPS) is 14.6. The van der Waals surface area contributed by atoms with Gasteiger partial charge in [-0.05, 0) is 24.3 Å². The van der Waals surface area contributed by atoms with E-state index in [-0.39, 0.29) is 11.7 Å². The Morgan fingerprint density at radius 3 is 2.62 bits per heavy atom. The monoisotopic (exact) mass is 410 g/mol. The van der Waals surface area contributed by atoms with E-state index in [9.17, 15) is 4.79 Å². The summed E-state index contributed by atoms with van der Waals surface area (Å²) >= 11 is 1.36. The molecule has 1 aliphatic heterocycles. The molecule has 29 heavy (non-hydrogen) atoms. The molecular weight excluding hydrogens is 388 g/mol. The lowest BCUT2D eigenvalue weighted by atomic mass is 10.3. The van der Waals surface area contributed by atoms with Crippen LogP contribution in [-0.2, 0) is 16.1 Å². The van der Waals surface area contributed by atoms with E-state index in [4.69, 9.17) is 4.74 Å². The molecule has 1 fully saturated rings. The maximum absolute atomic E-state index is 12.3. The highest BCUT2D eigenvalue weighted by Gasteiger charge is 2.19. The molecule has 0 aliphatic carbocycles. The third-order valence-corrected chi connectivity index (χ3v) is 5.38. The van der Waals surface area contributed by atoms with Gasteiger partial charge in [0.25, 0.3) is 0 Å². The van der Waals surface area contributed by atoms with E-state index in [1.54, 1.807) is 12.3 Å². The number of ether oxygens (including phenoxy) is 1. The fourth-order valence-corrected chi connectivity index (χ4v) is 3.81. The first-order valence-corrected chi connectivity index (χ1v) is 10.4. The van der Waals surface area contributed by atoms with E-state index < -0.39 is 0 Å². The Morgan fingerprint density at radius 1 is 1.07 bits per heavy atom. The fourth-order valence-electron chi connectivity index (χ4n) is 3.04. The fraction of sp³-hybridized carbons (Fsp3) is 0.300. The highest BCUT2D eigenvalue weighted by molar-refractivity contribution is 7.99. The van der Waals surface area contributed by atoms with Gasteiger partial charge in [-0.25, -0.2) is 4.98 Å². The number of anilines is 1. The molecule has 1 aromatic carbocycles. The topological polar surface area (TPSA) is 85.2 Å². The molecule has 1 N–H and O–H groups in total. The molecule has 0 spiro atoms. The number of amides is 1. The van der Waals surface area contributed by atoms with Crippen molar-refractivity contribution in [2.75, 3.05) is 37.4 Å². The lowest BCUT2D eigenvalue weighted by Gasteiger charge is -2.26. The van der Waals surface area contributed by atoms with Crippen molar-refractivity contribution in [3.8, 4) is 5.69 Å². The number of thioether (sulfide) groups is 1. The Morgan fingerprint density at radius 2 is 1.86 bits per heavy atom. The minimum atomic E-state index is -0.133. The molecule has 0 saturated carbocycles. The Hall–Kier alpha value is -2.75. The number of para-hydroxylation sites is 1. The Balaban J connectivity index is 1.49. The van der Waals surface area contributed by atoms with Gasteiger partial charge in [-0.3, -0.25) is 14.3 Å². The molecule has 3 aromatic rings.